The second-order valence-corrected chi connectivity index (χ2v) is 5.74. The molecular formula is C14H17ClN2O4. The van der Waals surface area contributed by atoms with Crippen molar-refractivity contribution in [3.63, 3.8) is 0 Å². The fourth-order valence-corrected chi connectivity index (χ4v) is 2.64. The molecule has 0 aliphatic carbocycles. The van der Waals surface area contributed by atoms with Gasteiger partial charge in [0.1, 0.15) is 0 Å². The predicted octanol–water partition coefficient (Wildman–Crippen LogP) is 2.69. The molecule has 0 bridgehead atoms. The summed E-state index contributed by atoms with van der Waals surface area (Å²) in [7, 11) is 1.34. The number of hydrogen-bond acceptors (Lipinski definition) is 4. The van der Waals surface area contributed by atoms with Gasteiger partial charge in [0, 0.05) is 30.8 Å². The van der Waals surface area contributed by atoms with Gasteiger partial charge in [0.25, 0.3) is 5.91 Å². The first-order valence-electron chi connectivity index (χ1n) is 6.69. The van der Waals surface area contributed by atoms with E-state index in [1.165, 1.54) is 25.3 Å². The standard InChI is InChI=1S/C14H17ClN2O4/c1-9-5-6-16(8-11(9)15)14(18)10-3-4-12(17(19)20)13(7-10)21-2/h3-4,7,9,11H,5-6,8H2,1-2H3. The average Bonchev–Trinajstić information content (AvgIpc) is 2.48. The van der Waals surface area contributed by atoms with Crippen LogP contribution in [0.25, 0.3) is 0 Å². The summed E-state index contributed by atoms with van der Waals surface area (Å²) in [6.45, 7) is 3.19. The lowest BCUT2D eigenvalue weighted by atomic mass is 9.98. The number of methoxy groups -OCH3 is 1. The van der Waals surface area contributed by atoms with Crippen LogP contribution in [-0.2, 0) is 0 Å². The number of amides is 1. The van der Waals surface area contributed by atoms with E-state index in [1.807, 2.05) is 0 Å². The molecule has 1 aromatic carbocycles. The van der Waals surface area contributed by atoms with Crippen LogP contribution in [0.3, 0.4) is 0 Å². The van der Waals surface area contributed by atoms with Gasteiger partial charge in [-0.05, 0) is 18.4 Å². The molecule has 1 amide bonds. The van der Waals surface area contributed by atoms with Crippen molar-refractivity contribution in [2.45, 2.75) is 18.7 Å². The topological polar surface area (TPSA) is 72.7 Å². The number of nitro benzene ring substituents is 1. The Kier molecular flexibility index (Phi) is 4.67. The molecule has 2 atom stereocenters. The Bertz CT molecular complexity index is 564. The van der Waals surface area contributed by atoms with Crippen molar-refractivity contribution in [2.24, 2.45) is 5.92 Å². The summed E-state index contributed by atoms with van der Waals surface area (Å²) in [5.74, 6) is 0.279. The molecule has 1 aromatic rings. The van der Waals surface area contributed by atoms with Gasteiger partial charge in [-0.25, -0.2) is 0 Å². The second-order valence-electron chi connectivity index (χ2n) is 5.18. The highest BCUT2D eigenvalue weighted by atomic mass is 35.5. The van der Waals surface area contributed by atoms with Crippen molar-refractivity contribution >= 4 is 23.2 Å². The van der Waals surface area contributed by atoms with Gasteiger partial charge in [-0.1, -0.05) is 6.92 Å². The lowest BCUT2D eigenvalue weighted by molar-refractivity contribution is -0.385. The molecule has 2 rings (SSSR count). The summed E-state index contributed by atoms with van der Waals surface area (Å²) < 4.78 is 4.98. The van der Waals surface area contributed by atoms with E-state index in [-0.39, 0.29) is 22.7 Å². The monoisotopic (exact) mass is 312 g/mol. The van der Waals surface area contributed by atoms with Crippen molar-refractivity contribution in [1.29, 1.82) is 0 Å². The first-order valence-corrected chi connectivity index (χ1v) is 7.13. The third-order valence-corrected chi connectivity index (χ3v) is 4.35. The summed E-state index contributed by atoms with van der Waals surface area (Å²) in [6, 6.07) is 4.14. The van der Waals surface area contributed by atoms with Gasteiger partial charge in [0.15, 0.2) is 5.75 Å². The fourth-order valence-electron chi connectivity index (χ4n) is 2.35. The molecule has 1 aliphatic rings. The molecule has 1 heterocycles. The molecule has 6 nitrogen and oxygen atoms in total. The third kappa shape index (κ3) is 3.26. The van der Waals surface area contributed by atoms with Crippen molar-refractivity contribution in [3.8, 4) is 5.75 Å². The van der Waals surface area contributed by atoms with Crippen LogP contribution in [-0.4, -0.2) is 41.3 Å². The van der Waals surface area contributed by atoms with Crippen LogP contribution in [0.1, 0.15) is 23.7 Å². The molecule has 21 heavy (non-hydrogen) atoms. The van der Waals surface area contributed by atoms with Crippen molar-refractivity contribution in [1.82, 2.24) is 4.90 Å². The Morgan fingerprint density at radius 1 is 1.52 bits per heavy atom. The SMILES string of the molecule is COc1cc(C(=O)N2CCC(C)C(Cl)C2)ccc1[N+](=O)[O-]. The summed E-state index contributed by atoms with van der Waals surface area (Å²) in [6.07, 6.45) is 0.851. The minimum atomic E-state index is -0.537. The highest BCUT2D eigenvalue weighted by Crippen LogP contribution is 2.29. The number of carbonyl (C=O) groups is 1. The van der Waals surface area contributed by atoms with Crippen LogP contribution in [0.15, 0.2) is 18.2 Å². The van der Waals surface area contributed by atoms with Crippen LogP contribution in [0.4, 0.5) is 5.69 Å². The van der Waals surface area contributed by atoms with Gasteiger partial charge in [-0.3, -0.25) is 14.9 Å². The largest absolute Gasteiger partial charge is 0.490 e. The Balaban J connectivity index is 2.22. The van der Waals surface area contributed by atoms with E-state index >= 15 is 0 Å². The summed E-state index contributed by atoms with van der Waals surface area (Å²) in [5, 5.41) is 10.8. The fraction of sp³-hybridized carbons (Fsp3) is 0.500. The van der Waals surface area contributed by atoms with Crippen molar-refractivity contribution in [2.75, 3.05) is 20.2 Å². The Morgan fingerprint density at radius 2 is 2.24 bits per heavy atom. The van der Waals surface area contributed by atoms with Crippen LogP contribution in [0, 0.1) is 16.0 Å². The van der Waals surface area contributed by atoms with Crippen molar-refractivity contribution in [3.05, 3.63) is 33.9 Å². The molecule has 1 saturated heterocycles. The maximum Gasteiger partial charge on any atom is 0.310 e. The van der Waals surface area contributed by atoms with E-state index in [0.717, 1.165) is 6.42 Å². The van der Waals surface area contributed by atoms with Gasteiger partial charge < -0.3 is 9.64 Å². The summed E-state index contributed by atoms with van der Waals surface area (Å²) in [4.78, 5) is 24.4. The molecule has 1 aliphatic heterocycles. The molecule has 7 heteroatoms. The van der Waals surface area contributed by atoms with Crippen LogP contribution >= 0.6 is 11.6 Å². The van der Waals surface area contributed by atoms with E-state index < -0.39 is 4.92 Å². The number of halogens is 1. The molecule has 2 unspecified atom stereocenters. The van der Waals surface area contributed by atoms with Crippen LogP contribution < -0.4 is 4.74 Å². The van der Waals surface area contributed by atoms with E-state index in [4.69, 9.17) is 16.3 Å². The number of ether oxygens (including phenoxy) is 1. The highest BCUT2D eigenvalue weighted by molar-refractivity contribution is 6.21. The van der Waals surface area contributed by atoms with E-state index in [1.54, 1.807) is 4.90 Å². The normalized spacial score (nSPS) is 22.0. The number of likely N-dealkylation sites (tertiary alicyclic amines) is 1. The highest BCUT2D eigenvalue weighted by Gasteiger charge is 2.28. The zero-order valence-electron chi connectivity index (χ0n) is 11.9. The molecule has 0 aromatic heterocycles. The molecule has 0 saturated carbocycles. The molecule has 0 spiro atoms. The van der Waals surface area contributed by atoms with Crippen LogP contribution in [0.2, 0.25) is 0 Å². The number of benzene rings is 1. The molecule has 0 N–H and O–H groups in total. The van der Waals surface area contributed by atoms with E-state index in [0.29, 0.717) is 24.6 Å². The Morgan fingerprint density at radius 3 is 2.81 bits per heavy atom. The lowest BCUT2D eigenvalue weighted by Gasteiger charge is -2.34. The number of nitrogens with zero attached hydrogens (tertiary/aromatic N) is 2. The summed E-state index contributed by atoms with van der Waals surface area (Å²) in [5.41, 5.74) is 0.215. The molecule has 114 valence electrons. The number of rotatable bonds is 3. The zero-order chi connectivity index (χ0) is 15.6. The number of carbonyl (C=O) groups excluding carboxylic acids is 1. The number of alkyl halides is 1. The van der Waals surface area contributed by atoms with Gasteiger partial charge >= 0.3 is 5.69 Å². The lowest BCUT2D eigenvalue weighted by Crippen LogP contribution is -2.43. The first kappa shape index (κ1) is 15.6. The average molecular weight is 313 g/mol. The Labute approximate surface area is 127 Å². The van der Waals surface area contributed by atoms with E-state index in [9.17, 15) is 14.9 Å². The van der Waals surface area contributed by atoms with Gasteiger partial charge in [0.2, 0.25) is 0 Å². The second kappa shape index (κ2) is 6.30. The number of hydrogen-bond donors (Lipinski definition) is 0. The van der Waals surface area contributed by atoms with Gasteiger partial charge in [0.05, 0.1) is 17.4 Å². The molecular weight excluding hydrogens is 296 g/mol. The molecule has 1 fully saturated rings. The minimum Gasteiger partial charge on any atom is -0.490 e. The first-order chi connectivity index (χ1) is 9.93. The summed E-state index contributed by atoms with van der Waals surface area (Å²) >= 11 is 6.21. The smallest absolute Gasteiger partial charge is 0.310 e. The van der Waals surface area contributed by atoms with Crippen LogP contribution in [0.5, 0.6) is 5.75 Å². The third-order valence-electron chi connectivity index (χ3n) is 3.78. The maximum absolute atomic E-state index is 12.4. The molecule has 0 radical (unpaired) electrons. The maximum atomic E-state index is 12.4. The predicted molar refractivity (Wildman–Crippen MR) is 79.0 cm³/mol. The minimum absolute atomic E-state index is 0.0670. The number of piperidine rings is 1. The van der Waals surface area contributed by atoms with Gasteiger partial charge in [-0.2, -0.15) is 0 Å². The Hall–Kier alpha value is -1.82. The van der Waals surface area contributed by atoms with E-state index in [2.05, 4.69) is 6.92 Å². The quantitative estimate of drug-likeness (QED) is 0.488. The van der Waals surface area contributed by atoms with Gasteiger partial charge in [-0.15, -0.1) is 11.6 Å². The van der Waals surface area contributed by atoms with Crippen molar-refractivity contribution < 1.29 is 14.5 Å². The number of nitro groups is 1. The zero-order valence-corrected chi connectivity index (χ0v) is 12.7.